The minimum atomic E-state index is -0.0781. The lowest BCUT2D eigenvalue weighted by molar-refractivity contribution is 0.0984. The Bertz CT molecular complexity index is 984. The summed E-state index contributed by atoms with van der Waals surface area (Å²) < 4.78 is 13.1. The Kier molecular flexibility index (Phi) is 7.00. The predicted molar refractivity (Wildman–Crippen MR) is 122 cm³/mol. The molecular formula is C20H21BrClN3O3S. The second-order valence-corrected chi connectivity index (χ2v) is 8.56. The number of ether oxygens (including phenoxy) is 2. The van der Waals surface area contributed by atoms with E-state index in [-0.39, 0.29) is 18.3 Å². The van der Waals surface area contributed by atoms with Gasteiger partial charge in [-0.15, -0.1) is 12.4 Å². The fraction of sp³-hybridized carbons (Fsp3) is 0.300. The van der Waals surface area contributed by atoms with Crippen LogP contribution in [0.4, 0.5) is 5.13 Å². The lowest BCUT2D eigenvalue weighted by atomic mass is 10.2. The number of likely N-dealkylation sites (N-methyl/N-ethyl adjacent to an activating group) is 1. The topological polar surface area (TPSA) is 54.9 Å². The summed E-state index contributed by atoms with van der Waals surface area (Å²) in [6, 6.07) is 11.3. The molecule has 0 fully saturated rings. The maximum atomic E-state index is 13.3. The van der Waals surface area contributed by atoms with Crippen LogP contribution in [0.2, 0.25) is 0 Å². The Morgan fingerprint density at radius 2 is 1.83 bits per heavy atom. The third-order valence-corrected chi connectivity index (χ3v) is 6.12. The van der Waals surface area contributed by atoms with Crippen LogP contribution in [0, 0.1) is 0 Å². The summed E-state index contributed by atoms with van der Waals surface area (Å²) in [4.78, 5) is 21.8. The smallest absolute Gasteiger partial charge is 0.261 e. The average Bonchev–Trinajstić information content (AvgIpc) is 3.08. The molecule has 1 aromatic heterocycles. The van der Waals surface area contributed by atoms with E-state index in [2.05, 4.69) is 15.9 Å². The van der Waals surface area contributed by atoms with E-state index in [0.29, 0.717) is 36.2 Å². The van der Waals surface area contributed by atoms with Crippen molar-refractivity contribution in [3.63, 3.8) is 0 Å². The molecule has 2 heterocycles. The normalized spacial score (nSPS) is 12.7. The van der Waals surface area contributed by atoms with Crippen LogP contribution in [-0.4, -0.2) is 56.2 Å². The van der Waals surface area contributed by atoms with Gasteiger partial charge in [-0.3, -0.25) is 9.69 Å². The van der Waals surface area contributed by atoms with Crippen molar-refractivity contribution in [1.29, 1.82) is 0 Å². The lowest BCUT2D eigenvalue weighted by Gasteiger charge is -2.22. The second-order valence-electron chi connectivity index (χ2n) is 6.70. The summed E-state index contributed by atoms with van der Waals surface area (Å²) in [7, 11) is 3.98. The van der Waals surface area contributed by atoms with Crippen LogP contribution in [0.3, 0.4) is 0 Å². The highest BCUT2D eigenvalue weighted by atomic mass is 79.9. The van der Waals surface area contributed by atoms with Crippen LogP contribution in [0.5, 0.6) is 11.5 Å². The fourth-order valence-electron chi connectivity index (χ4n) is 2.93. The molecule has 1 aliphatic rings. The van der Waals surface area contributed by atoms with Crippen molar-refractivity contribution in [2.24, 2.45) is 0 Å². The maximum Gasteiger partial charge on any atom is 0.261 e. The number of aromatic nitrogens is 1. The van der Waals surface area contributed by atoms with Crippen molar-refractivity contribution in [3.05, 3.63) is 46.4 Å². The van der Waals surface area contributed by atoms with Gasteiger partial charge < -0.3 is 14.4 Å². The molecule has 0 atom stereocenters. The molecule has 0 saturated heterocycles. The number of benzene rings is 2. The zero-order chi connectivity index (χ0) is 19.7. The van der Waals surface area contributed by atoms with Gasteiger partial charge in [-0.25, -0.2) is 4.98 Å². The number of hydrogen-bond donors (Lipinski definition) is 0. The fourth-order valence-corrected chi connectivity index (χ4v) is 4.39. The highest BCUT2D eigenvalue weighted by Crippen LogP contribution is 2.39. The number of halogens is 2. The third-order valence-electron chi connectivity index (χ3n) is 4.39. The molecule has 1 amide bonds. The number of rotatable bonds is 5. The largest absolute Gasteiger partial charge is 0.486 e. The van der Waals surface area contributed by atoms with Gasteiger partial charge in [0.25, 0.3) is 5.91 Å². The van der Waals surface area contributed by atoms with Gasteiger partial charge in [-0.2, -0.15) is 0 Å². The summed E-state index contributed by atoms with van der Waals surface area (Å²) in [6.07, 6.45) is 0. The number of fused-ring (bicyclic) bond motifs is 2. The molecule has 29 heavy (non-hydrogen) atoms. The van der Waals surface area contributed by atoms with Gasteiger partial charge in [0.05, 0.1) is 15.8 Å². The first-order valence-corrected chi connectivity index (χ1v) is 10.5. The summed E-state index contributed by atoms with van der Waals surface area (Å²) in [5.41, 5.74) is 1.42. The van der Waals surface area contributed by atoms with Crippen LogP contribution in [-0.2, 0) is 0 Å². The highest BCUT2D eigenvalue weighted by Gasteiger charge is 2.24. The zero-order valence-electron chi connectivity index (χ0n) is 16.1. The van der Waals surface area contributed by atoms with Gasteiger partial charge in [0.15, 0.2) is 16.6 Å². The van der Waals surface area contributed by atoms with Crippen molar-refractivity contribution in [1.82, 2.24) is 9.88 Å². The summed E-state index contributed by atoms with van der Waals surface area (Å²) in [5, 5.41) is 0.667. The van der Waals surface area contributed by atoms with E-state index in [1.54, 1.807) is 4.90 Å². The molecule has 154 valence electrons. The van der Waals surface area contributed by atoms with Crippen LogP contribution in [0.25, 0.3) is 10.2 Å². The van der Waals surface area contributed by atoms with E-state index in [9.17, 15) is 4.79 Å². The van der Waals surface area contributed by atoms with Crippen molar-refractivity contribution in [3.8, 4) is 11.5 Å². The van der Waals surface area contributed by atoms with Crippen molar-refractivity contribution in [2.75, 3.05) is 45.3 Å². The number of carbonyl (C=O) groups excluding carboxylic acids is 1. The summed E-state index contributed by atoms with van der Waals surface area (Å²) in [5.74, 6) is 1.35. The van der Waals surface area contributed by atoms with Gasteiger partial charge in [0.1, 0.15) is 13.2 Å². The van der Waals surface area contributed by atoms with Gasteiger partial charge in [-0.1, -0.05) is 23.5 Å². The Balaban J connectivity index is 0.00000240. The first-order chi connectivity index (χ1) is 13.5. The van der Waals surface area contributed by atoms with E-state index in [1.165, 1.54) is 11.3 Å². The van der Waals surface area contributed by atoms with Gasteiger partial charge in [-0.05, 0) is 42.2 Å². The van der Waals surface area contributed by atoms with E-state index in [4.69, 9.17) is 14.5 Å². The van der Waals surface area contributed by atoms with Gasteiger partial charge >= 0.3 is 0 Å². The Hall–Kier alpha value is -1.87. The van der Waals surface area contributed by atoms with Crippen LogP contribution >= 0.6 is 39.7 Å². The Morgan fingerprint density at radius 1 is 1.14 bits per heavy atom. The van der Waals surface area contributed by atoms with Crippen LogP contribution in [0.15, 0.2) is 40.9 Å². The maximum absolute atomic E-state index is 13.3. The van der Waals surface area contributed by atoms with Crippen molar-refractivity contribution >= 4 is 60.9 Å². The quantitative estimate of drug-likeness (QED) is 0.520. The molecule has 0 bridgehead atoms. The molecule has 0 spiro atoms. The number of carbonyl (C=O) groups is 1. The van der Waals surface area contributed by atoms with Gasteiger partial charge in [0, 0.05) is 29.7 Å². The number of thiazole rings is 1. The number of amides is 1. The molecule has 4 rings (SSSR count). The first kappa shape index (κ1) is 21.8. The minimum Gasteiger partial charge on any atom is -0.486 e. The molecule has 3 aromatic rings. The number of nitrogens with zero attached hydrogens (tertiary/aromatic N) is 3. The number of anilines is 1. The lowest BCUT2D eigenvalue weighted by Crippen LogP contribution is -2.36. The Labute approximate surface area is 188 Å². The predicted octanol–water partition coefficient (Wildman–Crippen LogP) is 4.46. The SMILES string of the molecule is CN(C)CCN(C(=O)c1ccccc1Br)c1nc2cc3c(cc2s1)OCCO3.Cl. The standard InChI is InChI=1S/C20H20BrN3O3S.ClH/c1-23(2)7-8-24(19(25)13-5-3-4-6-14(13)21)20-22-15-11-16-17(12-18(15)28-20)27-10-9-26-16;/h3-6,11-12H,7-10H2,1-2H3;1H. The van der Waals surface area contributed by atoms with E-state index >= 15 is 0 Å². The third kappa shape index (κ3) is 4.66. The highest BCUT2D eigenvalue weighted by molar-refractivity contribution is 9.10. The van der Waals surface area contributed by atoms with E-state index in [1.807, 2.05) is 55.4 Å². The van der Waals surface area contributed by atoms with Crippen molar-refractivity contribution < 1.29 is 14.3 Å². The van der Waals surface area contributed by atoms with Gasteiger partial charge in [0.2, 0.25) is 0 Å². The van der Waals surface area contributed by atoms with Crippen LogP contribution < -0.4 is 14.4 Å². The zero-order valence-corrected chi connectivity index (χ0v) is 19.3. The average molecular weight is 499 g/mol. The first-order valence-electron chi connectivity index (χ1n) is 8.94. The molecule has 0 N–H and O–H groups in total. The summed E-state index contributed by atoms with van der Waals surface area (Å²) in [6.45, 7) is 2.35. The Morgan fingerprint density at radius 3 is 2.52 bits per heavy atom. The minimum absolute atomic E-state index is 0. The molecule has 6 nitrogen and oxygen atoms in total. The number of hydrogen-bond acceptors (Lipinski definition) is 6. The molecular weight excluding hydrogens is 478 g/mol. The van der Waals surface area contributed by atoms with Crippen LogP contribution in [0.1, 0.15) is 10.4 Å². The molecule has 1 aliphatic heterocycles. The van der Waals surface area contributed by atoms with E-state index < -0.39 is 0 Å². The molecule has 0 radical (unpaired) electrons. The molecule has 0 saturated carbocycles. The molecule has 9 heteroatoms. The molecule has 0 aliphatic carbocycles. The van der Waals surface area contributed by atoms with E-state index in [0.717, 1.165) is 27.0 Å². The second kappa shape index (κ2) is 9.30. The van der Waals surface area contributed by atoms with Crippen molar-refractivity contribution in [2.45, 2.75) is 0 Å². The molecule has 0 unspecified atom stereocenters. The monoisotopic (exact) mass is 497 g/mol. The summed E-state index contributed by atoms with van der Waals surface area (Å²) >= 11 is 4.97. The molecule has 2 aromatic carbocycles.